The number of rotatable bonds is 6. The van der Waals surface area contributed by atoms with Crippen LogP contribution in [-0.2, 0) is 0 Å². The van der Waals surface area contributed by atoms with E-state index in [2.05, 4.69) is 15.5 Å². The highest BCUT2D eigenvalue weighted by molar-refractivity contribution is 7.14. The summed E-state index contributed by atoms with van der Waals surface area (Å²) in [4.78, 5) is 13.2. The van der Waals surface area contributed by atoms with Gasteiger partial charge in [-0.1, -0.05) is 13.8 Å². The lowest BCUT2D eigenvalue weighted by Gasteiger charge is -2.06. The zero-order valence-electron chi connectivity index (χ0n) is 14.3. The number of anilines is 1. The molecular formula is C18H19N3O3S. The number of nitrogens with one attached hydrogen (secondary N) is 1. The van der Waals surface area contributed by atoms with Crippen molar-refractivity contribution in [1.82, 2.24) is 10.2 Å². The van der Waals surface area contributed by atoms with Crippen molar-refractivity contribution in [3.63, 3.8) is 0 Å². The Morgan fingerprint density at radius 3 is 2.64 bits per heavy atom. The molecule has 2 aromatic heterocycles. The van der Waals surface area contributed by atoms with Crippen molar-refractivity contribution in [2.24, 2.45) is 0 Å². The number of carbonyl (C=O) groups excluding carboxylic acids is 1. The molecule has 0 radical (unpaired) electrons. The second-order valence-electron chi connectivity index (χ2n) is 5.68. The molecule has 1 aromatic carbocycles. The van der Waals surface area contributed by atoms with Crippen molar-refractivity contribution in [2.45, 2.75) is 26.7 Å². The van der Waals surface area contributed by atoms with Crippen LogP contribution in [0.5, 0.6) is 5.75 Å². The van der Waals surface area contributed by atoms with Gasteiger partial charge in [0.1, 0.15) is 10.6 Å². The van der Waals surface area contributed by atoms with Gasteiger partial charge < -0.3 is 14.5 Å². The van der Waals surface area contributed by atoms with E-state index in [1.807, 2.05) is 32.2 Å². The zero-order valence-corrected chi connectivity index (χ0v) is 15.1. The first-order chi connectivity index (χ1) is 12.1. The lowest BCUT2D eigenvalue weighted by Crippen LogP contribution is -2.11. The van der Waals surface area contributed by atoms with Gasteiger partial charge in [0, 0.05) is 11.5 Å². The van der Waals surface area contributed by atoms with E-state index in [9.17, 15) is 4.79 Å². The Balaban J connectivity index is 1.77. The zero-order chi connectivity index (χ0) is 17.8. The van der Waals surface area contributed by atoms with Crippen LogP contribution < -0.4 is 10.1 Å². The minimum Gasteiger partial charge on any atom is -0.494 e. The number of thiophene rings is 1. The molecule has 0 saturated heterocycles. The van der Waals surface area contributed by atoms with Gasteiger partial charge in [0.15, 0.2) is 0 Å². The van der Waals surface area contributed by atoms with Gasteiger partial charge >= 0.3 is 0 Å². The summed E-state index contributed by atoms with van der Waals surface area (Å²) in [5.41, 5.74) is 1.21. The summed E-state index contributed by atoms with van der Waals surface area (Å²) >= 11 is 1.44. The quantitative estimate of drug-likeness (QED) is 0.699. The molecule has 0 atom stereocenters. The van der Waals surface area contributed by atoms with Crippen molar-refractivity contribution in [3.8, 4) is 16.5 Å². The van der Waals surface area contributed by atoms with E-state index in [4.69, 9.17) is 9.15 Å². The molecule has 1 N–H and O–H groups in total. The molecule has 3 rings (SSSR count). The number of benzene rings is 1. The predicted molar refractivity (Wildman–Crippen MR) is 97.3 cm³/mol. The summed E-state index contributed by atoms with van der Waals surface area (Å²) in [5.74, 6) is 1.68. The number of aromatic nitrogens is 2. The van der Waals surface area contributed by atoms with Crippen molar-refractivity contribution in [2.75, 3.05) is 11.9 Å². The number of carbonyl (C=O) groups is 1. The molecule has 0 bridgehead atoms. The van der Waals surface area contributed by atoms with E-state index < -0.39 is 0 Å². The van der Waals surface area contributed by atoms with Crippen LogP contribution in [0.1, 0.15) is 42.9 Å². The fourth-order valence-electron chi connectivity index (χ4n) is 2.20. The predicted octanol–water partition coefficient (Wildman–Crippen LogP) is 4.57. The maximum absolute atomic E-state index is 12.5. The van der Waals surface area contributed by atoms with Crippen LogP contribution in [0.4, 0.5) is 5.69 Å². The monoisotopic (exact) mass is 357 g/mol. The number of ether oxygens (including phenoxy) is 1. The van der Waals surface area contributed by atoms with Crippen LogP contribution in [0.3, 0.4) is 0 Å². The van der Waals surface area contributed by atoms with Crippen LogP contribution in [0.2, 0.25) is 0 Å². The van der Waals surface area contributed by atoms with E-state index in [-0.39, 0.29) is 11.8 Å². The largest absolute Gasteiger partial charge is 0.494 e. The van der Waals surface area contributed by atoms with Crippen LogP contribution in [0.15, 0.2) is 40.1 Å². The van der Waals surface area contributed by atoms with Crippen LogP contribution in [0.25, 0.3) is 10.8 Å². The molecule has 0 saturated carbocycles. The smallest absolute Gasteiger partial charge is 0.259 e. The molecule has 1 amide bonds. The van der Waals surface area contributed by atoms with Gasteiger partial charge in [0.25, 0.3) is 11.8 Å². The molecule has 0 spiro atoms. The molecule has 7 heteroatoms. The lowest BCUT2D eigenvalue weighted by molar-refractivity contribution is 0.102. The Hall–Kier alpha value is -2.67. The first kappa shape index (κ1) is 17.2. The number of hydrogen-bond donors (Lipinski definition) is 1. The minimum absolute atomic E-state index is 0.156. The second-order valence-corrected chi connectivity index (χ2v) is 6.59. The maximum Gasteiger partial charge on any atom is 0.259 e. The van der Waals surface area contributed by atoms with Gasteiger partial charge in [-0.25, -0.2) is 0 Å². The molecule has 130 valence electrons. The SMILES string of the molecule is CCOc1ccc(C(=O)Nc2ccsc2-c2nnc(C(C)C)o2)cc1. The van der Waals surface area contributed by atoms with Gasteiger partial charge in [0.05, 0.1) is 12.3 Å². The van der Waals surface area contributed by atoms with Gasteiger partial charge in [-0.15, -0.1) is 21.5 Å². The molecular weight excluding hydrogens is 338 g/mol. The van der Waals surface area contributed by atoms with Crippen molar-refractivity contribution < 1.29 is 13.9 Å². The molecule has 3 aromatic rings. The first-order valence-corrected chi connectivity index (χ1v) is 8.92. The lowest BCUT2D eigenvalue weighted by atomic mass is 10.2. The second kappa shape index (κ2) is 7.48. The Bertz CT molecular complexity index is 853. The van der Waals surface area contributed by atoms with Crippen molar-refractivity contribution in [1.29, 1.82) is 0 Å². The van der Waals surface area contributed by atoms with Gasteiger partial charge in [-0.2, -0.15) is 0 Å². The third kappa shape index (κ3) is 3.88. The topological polar surface area (TPSA) is 77.2 Å². The van der Waals surface area contributed by atoms with E-state index in [0.717, 1.165) is 10.6 Å². The molecule has 0 aliphatic carbocycles. The van der Waals surface area contributed by atoms with E-state index in [1.54, 1.807) is 24.3 Å². The average molecular weight is 357 g/mol. The summed E-state index contributed by atoms with van der Waals surface area (Å²) in [6.45, 7) is 6.48. The van der Waals surface area contributed by atoms with Crippen LogP contribution in [0, 0.1) is 0 Å². The van der Waals surface area contributed by atoms with E-state index in [1.165, 1.54) is 11.3 Å². The van der Waals surface area contributed by atoms with Crippen LogP contribution in [-0.4, -0.2) is 22.7 Å². The number of hydrogen-bond acceptors (Lipinski definition) is 6. The minimum atomic E-state index is -0.203. The number of amides is 1. The third-order valence-electron chi connectivity index (χ3n) is 3.47. The molecule has 6 nitrogen and oxygen atoms in total. The molecule has 0 unspecified atom stereocenters. The molecule has 0 fully saturated rings. The fourth-order valence-corrected chi connectivity index (χ4v) is 2.97. The van der Waals surface area contributed by atoms with Gasteiger partial charge in [-0.3, -0.25) is 4.79 Å². The van der Waals surface area contributed by atoms with Crippen LogP contribution >= 0.6 is 11.3 Å². The normalized spacial score (nSPS) is 10.9. The summed E-state index contributed by atoms with van der Waals surface area (Å²) < 4.78 is 11.1. The standard InChI is InChI=1S/C18H19N3O3S/c1-4-23-13-7-5-12(6-8-13)16(22)19-14-9-10-25-15(14)18-21-20-17(24-18)11(2)3/h5-11H,4H2,1-3H3,(H,19,22). The Morgan fingerprint density at radius 2 is 2.00 bits per heavy atom. The Labute approximate surface area is 149 Å². The highest BCUT2D eigenvalue weighted by Gasteiger charge is 2.18. The van der Waals surface area contributed by atoms with E-state index in [0.29, 0.717) is 29.6 Å². The van der Waals surface area contributed by atoms with Crippen molar-refractivity contribution in [3.05, 3.63) is 47.2 Å². The maximum atomic E-state index is 12.5. The summed E-state index contributed by atoms with van der Waals surface area (Å²) in [6.07, 6.45) is 0. The first-order valence-electron chi connectivity index (χ1n) is 8.04. The Kier molecular flexibility index (Phi) is 5.14. The molecule has 0 aliphatic heterocycles. The molecule has 25 heavy (non-hydrogen) atoms. The van der Waals surface area contributed by atoms with Gasteiger partial charge in [0.2, 0.25) is 5.89 Å². The third-order valence-corrected chi connectivity index (χ3v) is 4.37. The average Bonchev–Trinajstić information content (AvgIpc) is 3.24. The van der Waals surface area contributed by atoms with Crippen molar-refractivity contribution >= 4 is 22.9 Å². The summed E-state index contributed by atoms with van der Waals surface area (Å²) in [5, 5.41) is 12.9. The van der Waals surface area contributed by atoms with E-state index >= 15 is 0 Å². The summed E-state index contributed by atoms with van der Waals surface area (Å²) in [7, 11) is 0. The molecule has 0 aliphatic rings. The fraction of sp³-hybridized carbons (Fsp3) is 0.278. The highest BCUT2D eigenvalue weighted by atomic mass is 32.1. The molecule has 2 heterocycles. The Morgan fingerprint density at radius 1 is 1.24 bits per heavy atom. The van der Waals surface area contributed by atoms with Gasteiger partial charge in [-0.05, 0) is 42.6 Å². The summed E-state index contributed by atoms with van der Waals surface area (Å²) in [6, 6.07) is 8.84. The highest BCUT2D eigenvalue weighted by Crippen LogP contribution is 2.33. The number of nitrogens with zero attached hydrogens (tertiary/aromatic N) is 2.